The Bertz CT molecular complexity index is 807. The fourth-order valence-electron chi connectivity index (χ4n) is 3.91. The molecule has 32 heavy (non-hydrogen) atoms. The highest BCUT2D eigenvalue weighted by Gasteiger charge is 2.41. The van der Waals surface area contributed by atoms with Gasteiger partial charge in [0.15, 0.2) is 19.7 Å². The first kappa shape index (κ1) is 26.6. The largest absolute Gasteiger partial charge is 0.390 e. The summed E-state index contributed by atoms with van der Waals surface area (Å²) in [7, 11) is -3.73. The Kier molecular flexibility index (Phi) is 9.14. The van der Waals surface area contributed by atoms with Crippen LogP contribution in [0.2, 0.25) is 0 Å². The van der Waals surface area contributed by atoms with Gasteiger partial charge in [0, 0.05) is 27.2 Å². The molecule has 186 valence electrons. The van der Waals surface area contributed by atoms with Gasteiger partial charge in [-0.25, -0.2) is 26.4 Å². The second-order valence-corrected chi connectivity index (χ2v) is 12.8. The molecule has 4 atom stereocenters. The number of carbonyl (C=O) groups excluding carboxylic acids is 2. The summed E-state index contributed by atoms with van der Waals surface area (Å²) in [4.78, 5) is 26.7. The lowest BCUT2D eigenvalue weighted by Gasteiger charge is -2.26. The van der Waals surface area contributed by atoms with Gasteiger partial charge in [0.05, 0.1) is 47.3 Å². The SMILES string of the molecule is CN(C(=O)NCCCCCCNC(=O)N(C)C1CS(=O)(=O)CC1O)C1CS(=O)(=O)CC1O. The molecule has 2 heterocycles. The first-order chi connectivity index (χ1) is 14.8. The van der Waals surface area contributed by atoms with Gasteiger partial charge in [0.25, 0.3) is 0 Å². The lowest BCUT2D eigenvalue weighted by molar-refractivity contribution is 0.110. The maximum absolute atomic E-state index is 12.1. The van der Waals surface area contributed by atoms with E-state index in [0.717, 1.165) is 12.8 Å². The summed E-state index contributed by atoms with van der Waals surface area (Å²) < 4.78 is 46.3. The number of sulfone groups is 2. The molecular formula is C18H34N4O8S2. The number of unbranched alkanes of at least 4 members (excludes halogenated alkanes) is 3. The van der Waals surface area contributed by atoms with Crippen LogP contribution in [-0.2, 0) is 19.7 Å². The van der Waals surface area contributed by atoms with Gasteiger partial charge in [-0.3, -0.25) is 0 Å². The van der Waals surface area contributed by atoms with Gasteiger partial charge in [-0.2, -0.15) is 0 Å². The Hall–Kier alpha value is -1.64. The topological polar surface area (TPSA) is 173 Å². The second kappa shape index (κ2) is 11.0. The molecular weight excluding hydrogens is 464 g/mol. The standard InChI is InChI=1S/C18H34N4O8S2/c1-21(13-9-31(27,28)11-15(13)23)17(25)19-7-5-3-4-6-8-20-18(26)22(2)14-10-32(29,30)12-16(14)24/h13-16,23-24H,3-12H2,1-2H3,(H,19,25)(H,20,26). The van der Waals surface area contributed by atoms with Crippen LogP contribution in [0.5, 0.6) is 0 Å². The van der Waals surface area contributed by atoms with Crippen molar-refractivity contribution in [3.63, 3.8) is 0 Å². The Morgan fingerprint density at radius 3 is 1.34 bits per heavy atom. The number of likely N-dealkylation sites (N-methyl/N-ethyl adjacent to an activating group) is 2. The predicted octanol–water partition coefficient (Wildman–Crippen LogP) is -1.85. The van der Waals surface area contributed by atoms with E-state index >= 15 is 0 Å². The van der Waals surface area contributed by atoms with Crippen LogP contribution in [0.25, 0.3) is 0 Å². The van der Waals surface area contributed by atoms with Crippen molar-refractivity contribution in [3.05, 3.63) is 0 Å². The first-order valence-electron chi connectivity index (χ1n) is 10.6. The number of aliphatic hydroxyl groups is 2. The summed E-state index contributed by atoms with van der Waals surface area (Å²) in [5.74, 6) is -1.15. The van der Waals surface area contributed by atoms with Gasteiger partial charge in [-0.05, 0) is 12.8 Å². The van der Waals surface area contributed by atoms with Crippen molar-refractivity contribution in [2.24, 2.45) is 0 Å². The van der Waals surface area contributed by atoms with Crippen LogP contribution in [0.15, 0.2) is 0 Å². The lowest BCUT2D eigenvalue weighted by atomic mass is 10.2. The summed E-state index contributed by atoms with van der Waals surface area (Å²) in [5.41, 5.74) is 0. The summed E-state index contributed by atoms with van der Waals surface area (Å²) >= 11 is 0. The number of hydrogen-bond acceptors (Lipinski definition) is 8. The van der Waals surface area contributed by atoms with Crippen molar-refractivity contribution in [3.8, 4) is 0 Å². The summed E-state index contributed by atoms with van der Waals surface area (Å²) in [6.45, 7) is 0.809. The quantitative estimate of drug-likeness (QED) is 0.268. The molecule has 2 aliphatic heterocycles. The number of aliphatic hydroxyl groups excluding tert-OH is 2. The fourth-order valence-corrected chi connectivity index (χ4v) is 7.60. The minimum absolute atomic E-state index is 0.242. The van der Waals surface area contributed by atoms with Crippen molar-refractivity contribution >= 4 is 31.7 Å². The highest BCUT2D eigenvalue weighted by molar-refractivity contribution is 7.92. The van der Waals surface area contributed by atoms with E-state index in [9.17, 15) is 36.6 Å². The summed E-state index contributed by atoms with van der Waals surface area (Å²) in [5, 5.41) is 25.1. The fraction of sp³-hybridized carbons (Fsp3) is 0.889. The van der Waals surface area contributed by atoms with E-state index in [4.69, 9.17) is 0 Å². The zero-order chi connectivity index (χ0) is 24.1. The van der Waals surface area contributed by atoms with E-state index in [-0.39, 0.29) is 23.0 Å². The third-order valence-electron chi connectivity index (χ3n) is 5.88. The molecule has 4 N–H and O–H groups in total. The summed E-state index contributed by atoms with van der Waals surface area (Å²) in [6, 6.07) is -2.35. The van der Waals surface area contributed by atoms with Gasteiger partial charge in [-0.15, -0.1) is 0 Å². The number of nitrogens with one attached hydrogen (secondary N) is 2. The van der Waals surface area contributed by atoms with Crippen LogP contribution in [-0.4, -0.2) is 123 Å². The highest BCUT2D eigenvalue weighted by Crippen LogP contribution is 2.18. The van der Waals surface area contributed by atoms with Crippen LogP contribution < -0.4 is 10.6 Å². The molecule has 2 rings (SSSR count). The minimum atomic E-state index is -3.33. The maximum atomic E-state index is 12.1. The first-order valence-corrected chi connectivity index (χ1v) is 14.3. The molecule has 4 unspecified atom stereocenters. The molecule has 0 aliphatic carbocycles. The molecule has 0 saturated carbocycles. The van der Waals surface area contributed by atoms with E-state index in [0.29, 0.717) is 25.9 Å². The van der Waals surface area contributed by atoms with E-state index in [1.165, 1.54) is 23.9 Å². The molecule has 12 nitrogen and oxygen atoms in total. The van der Waals surface area contributed by atoms with Gasteiger partial charge in [0.1, 0.15) is 0 Å². The second-order valence-electron chi connectivity index (χ2n) is 8.52. The van der Waals surface area contributed by atoms with Crippen molar-refractivity contribution in [2.75, 3.05) is 50.2 Å². The van der Waals surface area contributed by atoms with Gasteiger partial charge in [-0.1, -0.05) is 12.8 Å². The molecule has 0 radical (unpaired) electrons. The van der Waals surface area contributed by atoms with E-state index < -0.39 is 56.0 Å². The van der Waals surface area contributed by atoms with E-state index in [2.05, 4.69) is 10.6 Å². The average Bonchev–Trinajstić information content (AvgIpc) is 3.14. The number of hydrogen-bond donors (Lipinski definition) is 4. The van der Waals surface area contributed by atoms with Gasteiger partial charge < -0.3 is 30.6 Å². The van der Waals surface area contributed by atoms with Crippen LogP contribution in [0, 0.1) is 0 Å². The average molecular weight is 499 g/mol. The third-order valence-corrected chi connectivity index (χ3v) is 9.28. The van der Waals surface area contributed by atoms with Crippen molar-refractivity contribution in [2.45, 2.75) is 50.0 Å². The zero-order valence-electron chi connectivity index (χ0n) is 18.4. The van der Waals surface area contributed by atoms with Crippen LogP contribution in [0.1, 0.15) is 25.7 Å². The molecule has 0 aromatic heterocycles. The number of carbonyl (C=O) groups is 2. The van der Waals surface area contributed by atoms with E-state index in [1.54, 1.807) is 0 Å². The van der Waals surface area contributed by atoms with Crippen LogP contribution in [0.4, 0.5) is 9.59 Å². The van der Waals surface area contributed by atoms with Crippen molar-refractivity contribution < 1.29 is 36.6 Å². The number of rotatable bonds is 9. The Morgan fingerprint density at radius 2 is 1.06 bits per heavy atom. The van der Waals surface area contributed by atoms with Crippen molar-refractivity contribution in [1.82, 2.24) is 20.4 Å². The number of amides is 4. The molecule has 0 aromatic carbocycles. The molecule has 4 amide bonds. The monoisotopic (exact) mass is 498 g/mol. The highest BCUT2D eigenvalue weighted by atomic mass is 32.2. The third kappa shape index (κ3) is 7.46. The van der Waals surface area contributed by atoms with Crippen molar-refractivity contribution in [1.29, 1.82) is 0 Å². The zero-order valence-corrected chi connectivity index (χ0v) is 20.1. The van der Waals surface area contributed by atoms with Crippen LogP contribution >= 0.6 is 0 Å². The van der Waals surface area contributed by atoms with E-state index in [1.807, 2.05) is 0 Å². The predicted molar refractivity (Wildman–Crippen MR) is 118 cm³/mol. The Balaban J connectivity index is 1.55. The molecule has 14 heteroatoms. The molecule has 2 saturated heterocycles. The lowest BCUT2D eigenvalue weighted by Crippen LogP contribution is -2.48. The minimum Gasteiger partial charge on any atom is -0.390 e. The Labute approximate surface area is 189 Å². The van der Waals surface area contributed by atoms with Gasteiger partial charge >= 0.3 is 12.1 Å². The number of nitrogens with zero attached hydrogens (tertiary/aromatic N) is 2. The molecule has 2 fully saturated rings. The normalized spacial score (nSPS) is 28.2. The molecule has 2 aliphatic rings. The maximum Gasteiger partial charge on any atom is 0.317 e. The van der Waals surface area contributed by atoms with Gasteiger partial charge in [0.2, 0.25) is 0 Å². The number of urea groups is 2. The smallest absolute Gasteiger partial charge is 0.317 e. The summed E-state index contributed by atoms with van der Waals surface area (Å²) in [6.07, 6.45) is 0.847. The molecule has 0 bridgehead atoms. The Morgan fingerprint density at radius 1 is 0.719 bits per heavy atom. The van der Waals surface area contributed by atoms with Crippen LogP contribution in [0.3, 0.4) is 0 Å². The molecule has 0 spiro atoms. The molecule has 0 aromatic rings.